The molecule has 2 heterocycles. The smallest absolute Gasteiger partial charge is 0.0596 e. The summed E-state index contributed by atoms with van der Waals surface area (Å²) in [5, 5.41) is 4.35. The summed E-state index contributed by atoms with van der Waals surface area (Å²) < 4.78 is 1.89. The van der Waals surface area contributed by atoms with E-state index in [2.05, 4.69) is 28.5 Å². The Morgan fingerprint density at radius 3 is 2.78 bits per heavy atom. The highest BCUT2D eigenvalue weighted by molar-refractivity contribution is 5.26. The van der Waals surface area contributed by atoms with Crippen molar-refractivity contribution in [2.24, 2.45) is 12.9 Å². The van der Waals surface area contributed by atoms with Gasteiger partial charge in [0.1, 0.15) is 0 Å². The van der Waals surface area contributed by atoms with Gasteiger partial charge < -0.3 is 0 Å². The van der Waals surface area contributed by atoms with Crippen molar-refractivity contribution in [3.63, 3.8) is 0 Å². The molecule has 0 aliphatic carbocycles. The molecule has 3 N–H and O–H groups in total. The molecule has 0 saturated heterocycles. The van der Waals surface area contributed by atoms with Crippen molar-refractivity contribution < 1.29 is 0 Å². The third kappa shape index (κ3) is 2.57. The molecular weight excluding hydrogens is 226 g/mol. The SMILES string of the molecule is Cc1cc(CC(NN)c2cnccc2C)n(C)n1. The molecule has 2 aromatic heterocycles. The van der Waals surface area contributed by atoms with E-state index >= 15 is 0 Å². The molecule has 0 aliphatic heterocycles. The molecule has 0 aliphatic rings. The predicted molar refractivity (Wildman–Crippen MR) is 70.7 cm³/mol. The summed E-state index contributed by atoms with van der Waals surface area (Å²) in [6.07, 6.45) is 4.45. The summed E-state index contributed by atoms with van der Waals surface area (Å²) in [4.78, 5) is 4.17. The van der Waals surface area contributed by atoms with Crippen molar-refractivity contribution >= 4 is 0 Å². The van der Waals surface area contributed by atoms with Gasteiger partial charge in [0.15, 0.2) is 0 Å². The Bertz CT molecular complexity index is 532. The van der Waals surface area contributed by atoms with Gasteiger partial charge in [0.2, 0.25) is 0 Å². The first-order valence-corrected chi connectivity index (χ1v) is 5.98. The number of nitrogens with zero attached hydrogens (tertiary/aromatic N) is 3. The van der Waals surface area contributed by atoms with E-state index in [9.17, 15) is 0 Å². The van der Waals surface area contributed by atoms with Gasteiger partial charge in [0, 0.05) is 31.6 Å². The van der Waals surface area contributed by atoms with Crippen LogP contribution in [0, 0.1) is 13.8 Å². The fraction of sp³-hybridized carbons (Fsp3) is 0.385. The summed E-state index contributed by atoms with van der Waals surface area (Å²) in [5.74, 6) is 5.67. The lowest BCUT2D eigenvalue weighted by atomic mass is 10.00. The van der Waals surface area contributed by atoms with Gasteiger partial charge in [0.25, 0.3) is 0 Å². The van der Waals surface area contributed by atoms with Crippen LogP contribution in [0.1, 0.15) is 28.6 Å². The highest BCUT2D eigenvalue weighted by atomic mass is 15.3. The maximum Gasteiger partial charge on any atom is 0.0596 e. The zero-order valence-electron chi connectivity index (χ0n) is 11.0. The Kier molecular flexibility index (Phi) is 3.74. The topological polar surface area (TPSA) is 68.8 Å². The first kappa shape index (κ1) is 12.7. The maximum absolute atomic E-state index is 5.67. The van der Waals surface area contributed by atoms with Crippen molar-refractivity contribution in [1.82, 2.24) is 20.2 Å². The fourth-order valence-electron chi connectivity index (χ4n) is 2.16. The zero-order valence-corrected chi connectivity index (χ0v) is 11.0. The average molecular weight is 245 g/mol. The summed E-state index contributed by atoms with van der Waals surface area (Å²) in [6, 6.07) is 4.12. The Labute approximate surface area is 107 Å². The molecule has 5 nitrogen and oxygen atoms in total. The fourth-order valence-corrected chi connectivity index (χ4v) is 2.16. The van der Waals surface area contributed by atoms with E-state index in [0.29, 0.717) is 0 Å². The largest absolute Gasteiger partial charge is 0.272 e. The number of pyridine rings is 1. The van der Waals surface area contributed by atoms with E-state index < -0.39 is 0 Å². The highest BCUT2D eigenvalue weighted by Gasteiger charge is 2.15. The molecule has 2 rings (SSSR count). The third-order valence-corrected chi connectivity index (χ3v) is 3.17. The van der Waals surface area contributed by atoms with Gasteiger partial charge in [0.05, 0.1) is 11.7 Å². The van der Waals surface area contributed by atoms with E-state index in [1.54, 1.807) is 6.20 Å². The Morgan fingerprint density at radius 2 is 2.22 bits per heavy atom. The van der Waals surface area contributed by atoms with Crippen LogP contribution in [0.2, 0.25) is 0 Å². The van der Waals surface area contributed by atoms with Crippen molar-refractivity contribution in [3.05, 3.63) is 47.0 Å². The second-order valence-corrected chi connectivity index (χ2v) is 4.56. The lowest BCUT2D eigenvalue weighted by Gasteiger charge is -2.17. The van der Waals surface area contributed by atoms with E-state index in [1.165, 1.54) is 5.56 Å². The number of aromatic nitrogens is 3. The minimum Gasteiger partial charge on any atom is -0.272 e. The number of hydrogen-bond acceptors (Lipinski definition) is 4. The third-order valence-electron chi connectivity index (χ3n) is 3.17. The lowest BCUT2D eigenvalue weighted by molar-refractivity contribution is 0.526. The Hall–Kier alpha value is -1.72. The van der Waals surface area contributed by atoms with Crippen LogP contribution in [0.4, 0.5) is 0 Å². The summed E-state index contributed by atoms with van der Waals surface area (Å²) >= 11 is 0. The molecule has 0 saturated carbocycles. The molecule has 0 bridgehead atoms. The van der Waals surface area contributed by atoms with Crippen LogP contribution >= 0.6 is 0 Å². The van der Waals surface area contributed by atoms with E-state index in [0.717, 1.165) is 23.4 Å². The van der Waals surface area contributed by atoms with Crippen molar-refractivity contribution in [2.45, 2.75) is 26.3 Å². The molecule has 1 unspecified atom stereocenters. The van der Waals surface area contributed by atoms with Crippen molar-refractivity contribution in [3.8, 4) is 0 Å². The van der Waals surface area contributed by atoms with Crippen LogP contribution in [0.5, 0.6) is 0 Å². The average Bonchev–Trinajstić information content (AvgIpc) is 2.66. The number of aryl methyl sites for hydroxylation is 3. The van der Waals surface area contributed by atoms with Crippen LogP contribution in [0.15, 0.2) is 24.5 Å². The van der Waals surface area contributed by atoms with Crippen LogP contribution in [-0.4, -0.2) is 14.8 Å². The Morgan fingerprint density at radius 1 is 1.44 bits per heavy atom. The molecule has 18 heavy (non-hydrogen) atoms. The molecule has 1 atom stereocenters. The molecular formula is C13H19N5. The van der Waals surface area contributed by atoms with E-state index in [1.807, 2.05) is 30.9 Å². The molecule has 0 spiro atoms. The minimum atomic E-state index is 0.0495. The Balaban J connectivity index is 2.25. The van der Waals surface area contributed by atoms with Gasteiger partial charge in [-0.15, -0.1) is 0 Å². The molecule has 0 amide bonds. The summed E-state index contributed by atoms with van der Waals surface area (Å²) in [5.41, 5.74) is 7.35. The summed E-state index contributed by atoms with van der Waals surface area (Å²) in [7, 11) is 1.95. The number of nitrogens with one attached hydrogen (secondary N) is 1. The van der Waals surface area contributed by atoms with Crippen molar-refractivity contribution in [2.75, 3.05) is 0 Å². The zero-order chi connectivity index (χ0) is 13.1. The van der Waals surface area contributed by atoms with Gasteiger partial charge >= 0.3 is 0 Å². The summed E-state index contributed by atoms with van der Waals surface area (Å²) in [6.45, 7) is 4.06. The first-order chi connectivity index (χ1) is 8.61. The van der Waals surface area contributed by atoms with Crippen LogP contribution in [0.3, 0.4) is 0 Å². The number of hydrazine groups is 1. The highest BCUT2D eigenvalue weighted by Crippen LogP contribution is 2.20. The molecule has 0 fully saturated rings. The number of nitrogens with two attached hydrogens (primary N) is 1. The molecule has 0 radical (unpaired) electrons. The predicted octanol–water partition coefficient (Wildman–Crippen LogP) is 1.18. The quantitative estimate of drug-likeness (QED) is 0.627. The van der Waals surface area contributed by atoms with E-state index in [4.69, 9.17) is 5.84 Å². The van der Waals surface area contributed by atoms with Crippen LogP contribution < -0.4 is 11.3 Å². The second-order valence-electron chi connectivity index (χ2n) is 4.56. The van der Waals surface area contributed by atoms with Crippen LogP contribution in [-0.2, 0) is 13.5 Å². The van der Waals surface area contributed by atoms with Gasteiger partial charge in [-0.3, -0.25) is 20.9 Å². The van der Waals surface area contributed by atoms with Crippen LogP contribution in [0.25, 0.3) is 0 Å². The first-order valence-electron chi connectivity index (χ1n) is 5.98. The van der Waals surface area contributed by atoms with E-state index in [-0.39, 0.29) is 6.04 Å². The molecule has 5 heteroatoms. The monoisotopic (exact) mass is 245 g/mol. The number of rotatable bonds is 4. The minimum absolute atomic E-state index is 0.0495. The normalized spacial score (nSPS) is 12.7. The second kappa shape index (κ2) is 5.29. The number of hydrogen-bond donors (Lipinski definition) is 2. The maximum atomic E-state index is 5.67. The van der Waals surface area contributed by atoms with Gasteiger partial charge in [-0.2, -0.15) is 5.10 Å². The lowest BCUT2D eigenvalue weighted by Crippen LogP contribution is -2.30. The van der Waals surface area contributed by atoms with Gasteiger partial charge in [-0.25, -0.2) is 0 Å². The standard InChI is InChI=1S/C13H19N5/c1-9-4-5-15-8-12(9)13(16-14)7-11-6-10(2)17-18(11)3/h4-6,8,13,16H,7,14H2,1-3H3. The van der Waals surface area contributed by atoms with Gasteiger partial charge in [-0.1, -0.05) is 0 Å². The van der Waals surface area contributed by atoms with Gasteiger partial charge in [-0.05, 0) is 37.1 Å². The molecule has 0 aromatic carbocycles. The van der Waals surface area contributed by atoms with Crippen molar-refractivity contribution in [1.29, 1.82) is 0 Å². The molecule has 96 valence electrons. The molecule has 2 aromatic rings.